The van der Waals surface area contributed by atoms with Crippen LogP contribution >= 0.6 is 11.6 Å². The quantitative estimate of drug-likeness (QED) is 0.756. The molecule has 1 N–H and O–H groups in total. The summed E-state index contributed by atoms with van der Waals surface area (Å²) in [5.74, 6) is 1.22. The molecule has 1 saturated heterocycles. The van der Waals surface area contributed by atoms with Crippen LogP contribution in [0.2, 0.25) is 5.02 Å². The fraction of sp³-hybridized carbons (Fsp3) is 0.364. The molecule has 2 aromatic carbocycles. The molecule has 8 nitrogen and oxygen atoms in total. The van der Waals surface area contributed by atoms with Gasteiger partial charge in [-0.05, 0) is 12.1 Å². The second kappa shape index (κ2) is 8.93. The summed E-state index contributed by atoms with van der Waals surface area (Å²) in [4.78, 5) is 27.1. The van der Waals surface area contributed by atoms with Crippen LogP contribution in [0.1, 0.15) is 12.8 Å². The van der Waals surface area contributed by atoms with E-state index in [-0.39, 0.29) is 24.8 Å². The molecule has 0 radical (unpaired) electrons. The lowest BCUT2D eigenvalue weighted by Gasteiger charge is -2.19. The SMILES string of the molecule is COc1ccc(N2CC(C(=O)Nc3cc4c(cc3Cl)OCCCO4)CC2=O)cc1OC. The van der Waals surface area contributed by atoms with E-state index in [4.69, 9.17) is 30.5 Å². The van der Waals surface area contributed by atoms with E-state index in [1.54, 1.807) is 42.3 Å². The molecule has 0 aromatic heterocycles. The summed E-state index contributed by atoms with van der Waals surface area (Å²) in [6, 6.07) is 8.50. The second-order valence-corrected chi connectivity index (χ2v) is 7.67. The molecule has 2 heterocycles. The van der Waals surface area contributed by atoms with Gasteiger partial charge in [0.1, 0.15) is 0 Å². The number of ether oxygens (including phenoxy) is 4. The first-order valence-electron chi connectivity index (χ1n) is 9.92. The number of fused-ring (bicyclic) bond motifs is 1. The number of benzene rings is 2. The van der Waals surface area contributed by atoms with Crippen molar-refractivity contribution in [1.82, 2.24) is 0 Å². The van der Waals surface area contributed by atoms with Crippen LogP contribution in [-0.2, 0) is 9.59 Å². The molecule has 1 unspecified atom stereocenters. The monoisotopic (exact) mass is 446 g/mol. The van der Waals surface area contributed by atoms with Crippen molar-refractivity contribution in [2.45, 2.75) is 12.8 Å². The van der Waals surface area contributed by atoms with Crippen LogP contribution in [0.25, 0.3) is 0 Å². The fourth-order valence-corrected chi connectivity index (χ4v) is 3.84. The predicted molar refractivity (Wildman–Crippen MR) is 116 cm³/mol. The number of hydrogen-bond donors (Lipinski definition) is 1. The molecule has 31 heavy (non-hydrogen) atoms. The Hall–Kier alpha value is -3.13. The number of nitrogens with zero attached hydrogens (tertiary/aromatic N) is 1. The Balaban J connectivity index is 1.48. The molecule has 0 aliphatic carbocycles. The average Bonchev–Trinajstić information content (AvgIpc) is 3.02. The Morgan fingerprint density at radius 2 is 1.81 bits per heavy atom. The van der Waals surface area contributed by atoms with Gasteiger partial charge in [-0.2, -0.15) is 0 Å². The summed E-state index contributed by atoms with van der Waals surface area (Å²) in [7, 11) is 3.08. The molecule has 9 heteroatoms. The standard InChI is InChI=1S/C22H23ClN2O6/c1-28-17-5-4-14(9-18(17)29-2)25-12-13(8-21(25)26)22(27)24-16-11-20-19(10-15(16)23)30-6-3-7-31-20/h4-5,9-11,13H,3,6-8,12H2,1-2H3,(H,24,27). The van der Waals surface area contributed by atoms with Crippen molar-refractivity contribution < 1.29 is 28.5 Å². The average molecular weight is 447 g/mol. The van der Waals surface area contributed by atoms with Gasteiger partial charge in [0.25, 0.3) is 0 Å². The lowest BCUT2D eigenvalue weighted by atomic mass is 10.1. The van der Waals surface area contributed by atoms with Gasteiger partial charge in [0.15, 0.2) is 23.0 Å². The minimum Gasteiger partial charge on any atom is -0.493 e. The topological polar surface area (TPSA) is 86.3 Å². The number of carbonyl (C=O) groups excluding carboxylic acids is 2. The van der Waals surface area contributed by atoms with Crippen molar-refractivity contribution in [3.63, 3.8) is 0 Å². The zero-order valence-corrected chi connectivity index (χ0v) is 18.0. The first-order valence-corrected chi connectivity index (χ1v) is 10.3. The Morgan fingerprint density at radius 1 is 1.10 bits per heavy atom. The number of amides is 2. The number of methoxy groups -OCH3 is 2. The van der Waals surface area contributed by atoms with Gasteiger partial charge in [0.05, 0.1) is 44.1 Å². The summed E-state index contributed by atoms with van der Waals surface area (Å²) in [6.07, 6.45) is 0.868. The molecular weight excluding hydrogens is 424 g/mol. The molecule has 0 saturated carbocycles. The third-order valence-electron chi connectivity index (χ3n) is 5.27. The molecule has 2 amide bonds. The Morgan fingerprint density at radius 3 is 2.52 bits per heavy atom. The summed E-state index contributed by atoms with van der Waals surface area (Å²) < 4.78 is 21.8. The third kappa shape index (κ3) is 4.34. The molecular formula is C22H23ClN2O6. The van der Waals surface area contributed by atoms with Gasteiger partial charge < -0.3 is 29.2 Å². The van der Waals surface area contributed by atoms with Gasteiger partial charge in [-0.15, -0.1) is 0 Å². The summed E-state index contributed by atoms with van der Waals surface area (Å²) in [5, 5.41) is 3.17. The first-order chi connectivity index (χ1) is 15.0. The fourth-order valence-electron chi connectivity index (χ4n) is 3.64. The van der Waals surface area contributed by atoms with Gasteiger partial charge in [0, 0.05) is 43.3 Å². The summed E-state index contributed by atoms with van der Waals surface area (Å²) >= 11 is 6.33. The van der Waals surface area contributed by atoms with Gasteiger partial charge in [0.2, 0.25) is 11.8 Å². The smallest absolute Gasteiger partial charge is 0.229 e. The molecule has 4 rings (SSSR count). The normalized spacial score (nSPS) is 17.8. The summed E-state index contributed by atoms with van der Waals surface area (Å²) in [6.45, 7) is 1.33. The number of rotatable bonds is 5. The Kier molecular flexibility index (Phi) is 6.08. The zero-order chi connectivity index (χ0) is 22.0. The lowest BCUT2D eigenvalue weighted by Crippen LogP contribution is -2.28. The maximum Gasteiger partial charge on any atom is 0.229 e. The second-order valence-electron chi connectivity index (χ2n) is 7.26. The highest BCUT2D eigenvalue weighted by molar-refractivity contribution is 6.34. The predicted octanol–water partition coefficient (Wildman–Crippen LogP) is 3.51. The van der Waals surface area contributed by atoms with Crippen molar-refractivity contribution >= 4 is 34.8 Å². The molecule has 1 fully saturated rings. The van der Waals surface area contributed by atoms with E-state index in [0.717, 1.165) is 6.42 Å². The highest BCUT2D eigenvalue weighted by atomic mass is 35.5. The van der Waals surface area contributed by atoms with E-state index in [9.17, 15) is 9.59 Å². The van der Waals surface area contributed by atoms with E-state index in [1.807, 2.05) is 0 Å². The first kappa shape index (κ1) is 21.1. The maximum absolute atomic E-state index is 12.9. The van der Waals surface area contributed by atoms with Crippen molar-refractivity contribution in [3.05, 3.63) is 35.4 Å². The lowest BCUT2D eigenvalue weighted by molar-refractivity contribution is -0.122. The van der Waals surface area contributed by atoms with Crippen LogP contribution in [0.3, 0.4) is 0 Å². The Labute approximate surface area is 185 Å². The molecule has 164 valence electrons. The van der Waals surface area contributed by atoms with Crippen molar-refractivity contribution in [1.29, 1.82) is 0 Å². The van der Waals surface area contributed by atoms with Crippen LogP contribution in [0, 0.1) is 5.92 Å². The van der Waals surface area contributed by atoms with Crippen LogP contribution < -0.4 is 29.2 Å². The molecule has 2 aliphatic heterocycles. The van der Waals surface area contributed by atoms with Crippen molar-refractivity contribution in [2.75, 3.05) is 44.2 Å². The highest BCUT2D eigenvalue weighted by Gasteiger charge is 2.36. The van der Waals surface area contributed by atoms with Crippen molar-refractivity contribution in [3.8, 4) is 23.0 Å². The van der Waals surface area contributed by atoms with Crippen LogP contribution in [0.4, 0.5) is 11.4 Å². The maximum atomic E-state index is 12.9. The minimum atomic E-state index is -0.521. The van der Waals surface area contributed by atoms with Gasteiger partial charge in [-0.1, -0.05) is 11.6 Å². The highest BCUT2D eigenvalue weighted by Crippen LogP contribution is 2.38. The Bertz CT molecular complexity index is 1010. The molecule has 0 bridgehead atoms. The van der Waals surface area contributed by atoms with E-state index >= 15 is 0 Å². The van der Waals surface area contributed by atoms with Crippen LogP contribution in [0.5, 0.6) is 23.0 Å². The van der Waals surface area contributed by atoms with E-state index in [0.29, 0.717) is 52.6 Å². The molecule has 0 spiro atoms. The third-order valence-corrected chi connectivity index (χ3v) is 5.58. The zero-order valence-electron chi connectivity index (χ0n) is 17.3. The number of carbonyl (C=O) groups is 2. The molecule has 2 aliphatic rings. The molecule has 2 aromatic rings. The van der Waals surface area contributed by atoms with Crippen molar-refractivity contribution in [2.24, 2.45) is 5.92 Å². The van der Waals surface area contributed by atoms with E-state index in [1.165, 1.54) is 7.11 Å². The van der Waals surface area contributed by atoms with Crippen LogP contribution in [0.15, 0.2) is 30.3 Å². The number of halogens is 1. The van der Waals surface area contributed by atoms with E-state index < -0.39 is 5.92 Å². The van der Waals surface area contributed by atoms with Crippen LogP contribution in [-0.4, -0.2) is 45.8 Å². The molecule has 1 atom stereocenters. The van der Waals surface area contributed by atoms with Gasteiger partial charge >= 0.3 is 0 Å². The number of hydrogen-bond acceptors (Lipinski definition) is 6. The number of anilines is 2. The van der Waals surface area contributed by atoms with Gasteiger partial charge in [-0.25, -0.2) is 0 Å². The van der Waals surface area contributed by atoms with E-state index in [2.05, 4.69) is 5.32 Å². The summed E-state index contributed by atoms with van der Waals surface area (Å²) in [5.41, 5.74) is 1.07. The largest absolute Gasteiger partial charge is 0.493 e. The minimum absolute atomic E-state index is 0.0996. The number of nitrogens with one attached hydrogen (secondary N) is 1. The van der Waals surface area contributed by atoms with Gasteiger partial charge in [-0.3, -0.25) is 9.59 Å².